The average molecular weight is 284 g/mol. The van der Waals surface area contributed by atoms with Gasteiger partial charge in [0.1, 0.15) is 5.75 Å². The summed E-state index contributed by atoms with van der Waals surface area (Å²) in [5.74, 6) is 0.755. The van der Waals surface area contributed by atoms with E-state index in [1.807, 2.05) is 19.2 Å². The topological polar surface area (TPSA) is 21.3 Å². The first-order valence-corrected chi connectivity index (χ1v) is 7.61. The van der Waals surface area contributed by atoms with Crippen LogP contribution in [0.4, 0.5) is 0 Å². The highest BCUT2D eigenvalue weighted by molar-refractivity contribution is 6.32. The van der Waals surface area contributed by atoms with Gasteiger partial charge in [-0.1, -0.05) is 56.7 Å². The Balaban J connectivity index is 2.54. The molecule has 0 aliphatic carbocycles. The molecule has 0 radical (unpaired) electrons. The summed E-state index contributed by atoms with van der Waals surface area (Å²) in [6.07, 6.45) is 7.72. The monoisotopic (exact) mass is 283 g/mol. The number of hydrogen-bond acceptors (Lipinski definition) is 2. The second kappa shape index (κ2) is 9.22. The Kier molecular flexibility index (Phi) is 7.92. The molecule has 1 N–H and O–H groups in total. The van der Waals surface area contributed by atoms with Gasteiger partial charge >= 0.3 is 0 Å². The average Bonchev–Trinajstić information content (AvgIpc) is 2.44. The molecule has 3 heteroatoms. The minimum absolute atomic E-state index is 0.382. The van der Waals surface area contributed by atoms with Crippen molar-refractivity contribution in [3.63, 3.8) is 0 Å². The van der Waals surface area contributed by atoms with E-state index in [0.717, 1.165) is 12.2 Å². The van der Waals surface area contributed by atoms with Gasteiger partial charge in [-0.3, -0.25) is 0 Å². The Hall–Kier alpha value is -0.730. The Morgan fingerprint density at radius 3 is 2.58 bits per heavy atom. The lowest BCUT2D eigenvalue weighted by molar-refractivity contribution is 0.412. The third-order valence-corrected chi connectivity index (χ3v) is 3.83. The van der Waals surface area contributed by atoms with Crippen LogP contribution in [0.5, 0.6) is 5.75 Å². The zero-order valence-electron chi connectivity index (χ0n) is 12.3. The number of nitrogens with one attached hydrogen (secondary N) is 1. The Labute approximate surface area is 122 Å². The van der Waals surface area contributed by atoms with Crippen molar-refractivity contribution in [1.82, 2.24) is 5.32 Å². The molecule has 19 heavy (non-hydrogen) atoms. The van der Waals surface area contributed by atoms with E-state index in [1.165, 1.54) is 37.7 Å². The molecule has 0 aliphatic rings. The minimum Gasteiger partial charge on any atom is -0.495 e. The molecule has 0 fully saturated rings. The predicted octanol–water partition coefficient (Wildman–Crippen LogP) is 4.97. The fourth-order valence-electron chi connectivity index (χ4n) is 2.32. The molecule has 0 saturated carbocycles. The second-order valence-electron chi connectivity index (χ2n) is 4.94. The van der Waals surface area contributed by atoms with Crippen molar-refractivity contribution in [3.05, 3.63) is 28.8 Å². The van der Waals surface area contributed by atoms with Crippen molar-refractivity contribution in [1.29, 1.82) is 0 Å². The van der Waals surface area contributed by atoms with E-state index in [4.69, 9.17) is 16.3 Å². The van der Waals surface area contributed by atoms with Crippen molar-refractivity contribution >= 4 is 11.6 Å². The number of benzene rings is 1. The van der Waals surface area contributed by atoms with E-state index >= 15 is 0 Å². The van der Waals surface area contributed by atoms with Gasteiger partial charge < -0.3 is 10.1 Å². The summed E-state index contributed by atoms with van der Waals surface area (Å²) >= 11 is 6.06. The van der Waals surface area contributed by atoms with Crippen molar-refractivity contribution < 1.29 is 4.74 Å². The standard InChI is InChI=1S/C16H26ClNO/c1-4-5-6-7-8-9-15(18-2)13-10-11-14(17)16(12-13)19-3/h10-12,15,18H,4-9H2,1-3H3. The van der Waals surface area contributed by atoms with Crippen molar-refractivity contribution in [3.8, 4) is 5.75 Å². The van der Waals surface area contributed by atoms with E-state index < -0.39 is 0 Å². The molecule has 2 nitrogen and oxygen atoms in total. The summed E-state index contributed by atoms with van der Waals surface area (Å²) in [6, 6.07) is 6.41. The predicted molar refractivity (Wildman–Crippen MR) is 83.2 cm³/mol. The molecule has 1 aromatic carbocycles. The summed E-state index contributed by atoms with van der Waals surface area (Å²) in [5.41, 5.74) is 1.25. The maximum Gasteiger partial charge on any atom is 0.137 e. The van der Waals surface area contributed by atoms with Gasteiger partial charge in [0.25, 0.3) is 0 Å². The molecule has 1 atom stereocenters. The van der Waals surface area contributed by atoms with Crippen molar-refractivity contribution in [2.75, 3.05) is 14.2 Å². The highest BCUT2D eigenvalue weighted by atomic mass is 35.5. The second-order valence-corrected chi connectivity index (χ2v) is 5.35. The lowest BCUT2D eigenvalue weighted by Gasteiger charge is -2.17. The third-order valence-electron chi connectivity index (χ3n) is 3.52. The first kappa shape index (κ1) is 16.3. The molecule has 0 aromatic heterocycles. The van der Waals surface area contributed by atoms with Gasteiger partial charge in [0, 0.05) is 6.04 Å². The molecule has 0 spiro atoms. The molecule has 1 aromatic rings. The molecule has 0 bridgehead atoms. The number of hydrogen-bond donors (Lipinski definition) is 1. The fraction of sp³-hybridized carbons (Fsp3) is 0.625. The maximum absolute atomic E-state index is 6.06. The van der Waals surface area contributed by atoms with Crippen LogP contribution in [-0.2, 0) is 0 Å². The SMILES string of the molecule is CCCCCCCC(NC)c1ccc(Cl)c(OC)c1. The molecule has 1 rings (SSSR count). The Morgan fingerprint density at radius 2 is 1.95 bits per heavy atom. The van der Waals surface area contributed by atoms with Crippen LogP contribution in [0.25, 0.3) is 0 Å². The number of halogens is 1. The maximum atomic E-state index is 6.06. The zero-order chi connectivity index (χ0) is 14.1. The van der Waals surface area contributed by atoms with Gasteiger partial charge in [-0.15, -0.1) is 0 Å². The van der Waals surface area contributed by atoms with E-state index in [1.54, 1.807) is 7.11 Å². The summed E-state index contributed by atoms with van der Waals surface area (Å²) < 4.78 is 5.28. The summed E-state index contributed by atoms with van der Waals surface area (Å²) in [5, 5.41) is 4.05. The largest absolute Gasteiger partial charge is 0.495 e. The van der Waals surface area contributed by atoms with Crippen LogP contribution in [0.2, 0.25) is 5.02 Å². The molecular weight excluding hydrogens is 258 g/mol. The van der Waals surface area contributed by atoms with Crippen LogP contribution in [0.3, 0.4) is 0 Å². The Morgan fingerprint density at radius 1 is 1.21 bits per heavy atom. The van der Waals surface area contributed by atoms with Gasteiger partial charge in [-0.25, -0.2) is 0 Å². The van der Waals surface area contributed by atoms with Gasteiger partial charge in [-0.2, -0.15) is 0 Å². The van der Waals surface area contributed by atoms with E-state index in [9.17, 15) is 0 Å². The smallest absolute Gasteiger partial charge is 0.137 e. The zero-order valence-corrected chi connectivity index (χ0v) is 13.1. The minimum atomic E-state index is 0.382. The molecule has 0 saturated heterocycles. The third kappa shape index (κ3) is 5.42. The number of rotatable bonds is 9. The molecular formula is C16H26ClNO. The summed E-state index contributed by atoms with van der Waals surface area (Å²) in [6.45, 7) is 2.25. The van der Waals surface area contributed by atoms with E-state index in [0.29, 0.717) is 11.1 Å². The molecule has 0 heterocycles. The Bertz CT molecular complexity index is 368. The number of methoxy groups -OCH3 is 1. The quantitative estimate of drug-likeness (QED) is 0.646. The lowest BCUT2D eigenvalue weighted by Crippen LogP contribution is -2.16. The molecule has 108 valence electrons. The molecule has 1 unspecified atom stereocenters. The first-order valence-electron chi connectivity index (χ1n) is 7.23. The highest BCUT2D eigenvalue weighted by Crippen LogP contribution is 2.29. The summed E-state index contributed by atoms with van der Waals surface area (Å²) in [7, 11) is 3.67. The van der Waals surface area contributed by atoms with Crippen LogP contribution in [-0.4, -0.2) is 14.2 Å². The first-order chi connectivity index (χ1) is 9.22. The number of unbranched alkanes of at least 4 members (excludes halogenated alkanes) is 4. The van der Waals surface area contributed by atoms with Gasteiger partial charge in [0.2, 0.25) is 0 Å². The van der Waals surface area contributed by atoms with Crippen molar-refractivity contribution in [2.45, 2.75) is 51.5 Å². The van der Waals surface area contributed by atoms with Crippen LogP contribution >= 0.6 is 11.6 Å². The van der Waals surface area contributed by atoms with Crippen LogP contribution in [0.1, 0.15) is 57.1 Å². The van der Waals surface area contributed by atoms with E-state index in [-0.39, 0.29) is 0 Å². The van der Waals surface area contributed by atoms with E-state index in [2.05, 4.69) is 18.3 Å². The normalized spacial score (nSPS) is 12.4. The molecule has 0 amide bonds. The highest BCUT2D eigenvalue weighted by Gasteiger charge is 2.11. The summed E-state index contributed by atoms with van der Waals surface area (Å²) in [4.78, 5) is 0. The van der Waals surface area contributed by atoms with Gasteiger partial charge in [0.15, 0.2) is 0 Å². The van der Waals surface area contributed by atoms with Crippen molar-refractivity contribution in [2.24, 2.45) is 0 Å². The fourth-order valence-corrected chi connectivity index (χ4v) is 2.52. The van der Waals surface area contributed by atoms with Crippen LogP contribution < -0.4 is 10.1 Å². The van der Waals surface area contributed by atoms with Crippen LogP contribution in [0, 0.1) is 0 Å². The van der Waals surface area contributed by atoms with Gasteiger partial charge in [-0.05, 0) is 31.2 Å². The lowest BCUT2D eigenvalue weighted by atomic mass is 9.99. The van der Waals surface area contributed by atoms with Gasteiger partial charge in [0.05, 0.1) is 12.1 Å². The number of ether oxygens (including phenoxy) is 1. The van der Waals surface area contributed by atoms with Crippen LogP contribution in [0.15, 0.2) is 18.2 Å². The molecule has 0 aliphatic heterocycles.